The fourth-order valence-electron chi connectivity index (χ4n) is 4.74. The number of benzene rings is 1. The van der Waals surface area contributed by atoms with Gasteiger partial charge in [-0.25, -0.2) is 4.98 Å². The predicted octanol–water partition coefficient (Wildman–Crippen LogP) is 3.10. The molecule has 5 rings (SSSR count). The Bertz CT molecular complexity index is 1210. The number of carbonyl (C=O) groups excluding carboxylic acids is 1. The van der Waals surface area contributed by atoms with Crippen molar-refractivity contribution in [2.24, 2.45) is 0 Å². The molecule has 180 valence electrons. The lowest BCUT2D eigenvalue weighted by molar-refractivity contribution is -0.130. The molecule has 0 atom stereocenters. The SMILES string of the molecule is COc1ccc(CCN2CCN(C(=O)CSCc3nc4sc5c(c4c(=O)[nH]3)CCC5)CC2)cc1. The van der Waals surface area contributed by atoms with Gasteiger partial charge in [-0.15, -0.1) is 23.1 Å². The molecule has 3 aromatic rings. The number of fused-ring (bicyclic) bond motifs is 3. The maximum Gasteiger partial charge on any atom is 0.259 e. The molecule has 0 bridgehead atoms. The summed E-state index contributed by atoms with van der Waals surface area (Å²) < 4.78 is 5.22. The van der Waals surface area contributed by atoms with Crippen LogP contribution in [0.4, 0.5) is 0 Å². The van der Waals surface area contributed by atoms with Crippen molar-refractivity contribution < 1.29 is 9.53 Å². The summed E-state index contributed by atoms with van der Waals surface area (Å²) in [5.74, 6) is 2.67. The van der Waals surface area contributed by atoms with Crippen molar-refractivity contribution in [3.05, 3.63) is 56.4 Å². The molecule has 2 aromatic heterocycles. The van der Waals surface area contributed by atoms with Crippen LogP contribution < -0.4 is 10.3 Å². The first-order chi connectivity index (χ1) is 16.6. The molecule has 0 spiro atoms. The zero-order valence-corrected chi connectivity index (χ0v) is 21.1. The Morgan fingerprint density at radius 2 is 1.97 bits per heavy atom. The van der Waals surface area contributed by atoms with E-state index < -0.39 is 0 Å². The van der Waals surface area contributed by atoms with Gasteiger partial charge < -0.3 is 14.6 Å². The van der Waals surface area contributed by atoms with Crippen LogP contribution in [0.2, 0.25) is 0 Å². The van der Waals surface area contributed by atoms with Crippen molar-refractivity contribution >= 4 is 39.2 Å². The summed E-state index contributed by atoms with van der Waals surface area (Å²) in [5, 5.41) is 0.784. The number of nitrogens with zero attached hydrogens (tertiary/aromatic N) is 3. The number of carbonyl (C=O) groups is 1. The van der Waals surface area contributed by atoms with Gasteiger partial charge in [0.15, 0.2) is 0 Å². The van der Waals surface area contributed by atoms with E-state index in [9.17, 15) is 9.59 Å². The van der Waals surface area contributed by atoms with Gasteiger partial charge in [-0.05, 0) is 48.9 Å². The van der Waals surface area contributed by atoms with Gasteiger partial charge in [0.25, 0.3) is 5.56 Å². The number of thiophene rings is 1. The first-order valence-electron chi connectivity index (χ1n) is 11.8. The van der Waals surface area contributed by atoms with Crippen LogP contribution in [-0.2, 0) is 29.8 Å². The Balaban J connectivity index is 1.06. The summed E-state index contributed by atoms with van der Waals surface area (Å²) in [4.78, 5) is 39.4. The monoisotopic (exact) mass is 498 g/mol. The molecule has 1 N–H and O–H groups in total. The molecular formula is C25H30N4O3S2. The summed E-state index contributed by atoms with van der Waals surface area (Å²) in [5.41, 5.74) is 2.47. The molecule has 1 aromatic carbocycles. The van der Waals surface area contributed by atoms with Crippen LogP contribution in [-0.4, -0.2) is 71.3 Å². The lowest BCUT2D eigenvalue weighted by atomic mass is 10.1. The van der Waals surface area contributed by atoms with E-state index in [0.29, 0.717) is 17.3 Å². The molecule has 1 saturated heterocycles. The number of hydrogen-bond donors (Lipinski definition) is 1. The maximum absolute atomic E-state index is 12.7. The van der Waals surface area contributed by atoms with Crippen LogP contribution in [0.5, 0.6) is 5.75 Å². The first-order valence-corrected chi connectivity index (χ1v) is 13.8. The second-order valence-corrected chi connectivity index (χ2v) is 10.9. The normalized spacial score (nSPS) is 16.2. The zero-order chi connectivity index (χ0) is 23.5. The number of methoxy groups -OCH3 is 1. The van der Waals surface area contributed by atoms with Gasteiger partial charge in [-0.2, -0.15) is 0 Å². The average Bonchev–Trinajstić information content (AvgIpc) is 3.44. The van der Waals surface area contributed by atoms with Crippen LogP contribution >= 0.6 is 23.1 Å². The smallest absolute Gasteiger partial charge is 0.259 e. The Kier molecular flexibility index (Phi) is 7.22. The third-order valence-corrected chi connectivity index (χ3v) is 8.80. The van der Waals surface area contributed by atoms with E-state index in [0.717, 1.165) is 74.4 Å². The highest BCUT2D eigenvalue weighted by molar-refractivity contribution is 7.99. The summed E-state index contributed by atoms with van der Waals surface area (Å²) in [7, 11) is 1.68. The molecular weight excluding hydrogens is 468 g/mol. The van der Waals surface area contributed by atoms with E-state index in [1.165, 1.54) is 27.8 Å². The number of H-pyrrole nitrogens is 1. The summed E-state index contributed by atoms with van der Waals surface area (Å²) in [6.45, 7) is 4.34. The third kappa shape index (κ3) is 5.16. The van der Waals surface area contributed by atoms with Crippen LogP contribution in [0.25, 0.3) is 10.2 Å². The number of thioether (sulfide) groups is 1. The highest BCUT2D eigenvalue weighted by Gasteiger charge is 2.22. The van der Waals surface area contributed by atoms with Gasteiger partial charge in [0, 0.05) is 37.6 Å². The van der Waals surface area contributed by atoms with Crippen LogP contribution in [0.1, 0.15) is 28.2 Å². The molecule has 9 heteroatoms. The van der Waals surface area contributed by atoms with Gasteiger partial charge in [-0.1, -0.05) is 12.1 Å². The van der Waals surface area contributed by atoms with Gasteiger partial charge in [0.2, 0.25) is 5.91 Å². The van der Waals surface area contributed by atoms with Gasteiger partial charge in [-0.3, -0.25) is 14.5 Å². The van der Waals surface area contributed by atoms with Crippen molar-refractivity contribution in [3.8, 4) is 5.75 Å². The molecule has 34 heavy (non-hydrogen) atoms. The number of piperazine rings is 1. The summed E-state index contributed by atoms with van der Waals surface area (Å²) in [6, 6.07) is 8.22. The molecule has 7 nitrogen and oxygen atoms in total. The number of ether oxygens (including phenoxy) is 1. The Labute approximate surface area is 207 Å². The topological polar surface area (TPSA) is 78.5 Å². The number of aryl methyl sites for hydroxylation is 2. The van der Waals surface area contributed by atoms with E-state index >= 15 is 0 Å². The number of rotatable bonds is 8. The minimum atomic E-state index is -0.0305. The minimum absolute atomic E-state index is 0.0305. The highest BCUT2D eigenvalue weighted by Crippen LogP contribution is 2.34. The van der Waals surface area contributed by atoms with Crippen LogP contribution in [0, 0.1) is 0 Å². The van der Waals surface area contributed by atoms with E-state index in [-0.39, 0.29) is 11.5 Å². The number of aromatic nitrogens is 2. The lowest BCUT2D eigenvalue weighted by Gasteiger charge is -2.34. The lowest BCUT2D eigenvalue weighted by Crippen LogP contribution is -2.49. The summed E-state index contributed by atoms with van der Waals surface area (Å²) >= 11 is 3.18. The largest absolute Gasteiger partial charge is 0.497 e. The quantitative estimate of drug-likeness (QED) is 0.514. The Hall–Kier alpha value is -2.36. The fourth-order valence-corrected chi connectivity index (χ4v) is 6.81. The number of amides is 1. The summed E-state index contributed by atoms with van der Waals surface area (Å²) in [6.07, 6.45) is 4.17. The van der Waals surface area contributed by atoms with E-state index in [4.69, 9.17) is 4.74 Å². The third-order valence-electron chi connectivity index (χ3n) is 6.69. The minimum Gasteiger partial charge on any atom is -0.497 e. The van der Waals surface area contributed by atoms with Crippen LogP contribution in [0.15, 0.2) is 29.1 Å². The molecule has 0 radical (unpaired) electrons. The van der Waals surface area contributed by atoms with Gasteiger partial charge in [0.05, 0.1) is 24.0 Å². The van der Waals surface area contributed by atoms with Gasteiger partial charge >= 0.3 is 0 Å². The average molecular weight is 499 g/mol. The predicted molar refractivity (Wildman–Crippen MR) is 138 cm³/mol. The highest BCUT2D eigenvalue weighted by atomic mass is 32.2. The maximum atomic E-state index is 12.7. The molecule has 1 aliphatic heterocycles. The molecule has 1 fully saturated rings. The second-order valence-electron chi connectivity index (χ2n) is 8.86. The molecule has 0 unspecified atom stereocenters. The Morgan fingerprint density at radius 3 is 2.74 bits per heavy atom. The standard InChI is InChI=1S/C25H30N4O3S2/c1-32-18-7-5-17(6-8-18)9-10-28-11-13-29(14-12-28)22(30)16-33-15-21-26-24(31)23-19-3-2-4-20(19)34-25(23)27-21/h5-8H,2-4,9-16H2,1H3,(H,26,27,31). The van der Waals surface area contributed by atoms with Crippen molar-refractivity contribution in [2.45, 2.75) is 31.4 Å². The van der Waals surface area contributed by atoms with Crippen LogP contribution in [0.3, 0.4) is 0 Å². The van der Waals surface area contributed by atoms with E-state index in [1.54, 1.807) is 18.4 Å². The van der Waals surface area contributed by atoms with Crippen molar-refractivity contribution in [2.75, 3.05) is 45.6 Å². The van der Waals surface area contributed by atoms with Crippen molar-refractivity contribution in [1.29, 1.82) is 0 Å². The van der Waals surface area contributed by atoms with Gasteiger partial charge in [0.1, 0.15) is 16.4 Å². The first kappa shape index (κ1) is 23.4. The number of nitrogens with one attached hydrogen (secondary N) is 1. The molecule has 3 heterocycles. The van der Waals surface area contributed by atoms with Crippen molar-refractivity contribution in [1.82, 2.24) is 19.8 Å². The van der Waals surface area contributed by atoms with E-state index in [2.05, 4.69) is 27.0 Å². The van der Waals surface area contributed by atoms with Crippen molar-refractivity contribution in [3.63, 3.8) is 0 Å². The number of aromatic amines is 1. The molecule has 2 aliphatic rings. The van der Waals surface area contributed by atoms with E-state index in [1.807, 2.05) is 17.0 Å². The second kappa shape index (κ2) is 10.5. The molecule has 0 saturated carbocycles. The fraction of sp³-hybridized carbons (Fsp3) is 0.480. The Morgan fingerprint density at radius 1 is 1.18 bits per heavy atom. The number of hydrogen-bond acceptors (Lipinski definition) is 7. The molecule has 1 aliphatic carbocycles. The zero-order valence-electron chi connectivity index (χ0n) is 19.5. The molecule has 1 amide bonds.